The van der Waals surface area contributed by atoms with Crippen LogP contribution in [0.2, 0.25) is 0 Å². The Morgan fingerprint density at radius 3 is 1.32 bits per heavy atom. The van der Waals surface area contributed by atoms with Gasteiger partial charge in [0.05, 0.1) is 0 Å². The summed E-state index contributed by atoms with van der Waals surface area (Å²) in [6, 6.07) is 15.0. The number of ether oxygens (including phenoxy) is 2. The van der Waals surface area contributed by atoms with Crippen LogP contribution in [-0.4, -0.2) is 9.97 Å². The van der Waals surface area contributed by atoms with Crippen molar-refractivity contribution in [2.24, 2.45) is 0 Å². The van der Waals surface area contributed by atoms with E-state index in [0.29, 0.717) is 23.3 Å². The maximum absolute atomic E-state index is 5.67. The third-order valence-electron chi connectivity index (χ3n) is 3.04. The molecule has 22 heavy (non-hydrogen) atoms. The van der Waals surface area contributed by atoms with Gasteiger partial charge in [-0.2, -0.15) is 0 Å². The number of benzene rings is 1. The molecule has 3 rings (SSSR count). The van der Waals surface area contributed by atoms with E-state index in [0.717, 1.165) is 11.1 Å². The number of hydrogen-bond acceptors (Lipinski definition) is 4. The second-order valence-corrected chi connectivity index (χ2v) is 5.02. The summed E-state index contributed by atoms with van der Waals surface area (Å²) in [4.78, 5) is 8.42. The number of pyridine rings is 2. The maximum Gasteiger partial charge on any atom is 0.219 e. The third-order valence-corrected chi connectivity index (χ3v) is 3.04. The summed E-state index contributed by atoms with van der Waals surface area (Å²) in [6.45, 7) is 3.98. The van der Waals surface area contributed by atoms with Crippen LogP contribution >= 0.6 is 0 Å². The van der Waals surface area contributed by atoms with Gasteiger partial charge in [0.25, 0.3) is 0 Å². The zero-order valence-electron chi connectivity index (χ0n) is 12.5. The van der Waals surface area contributed by atoms with Crippen LogP contribution < -0.4 is 9.47 Å². The van der Waals surface area contributed by atoms with Crippen LogP contribution in [0.5, 0.6) is 23.3 Å². The number of hydrogen-bond donors (Lipinski definition) is 0. The normalized spacial score (nSPS) is 10.3. The highest BCUT2D eigenvalue weighted by atomic mass is 16.5. The molecule has 2 heterocycles. The molecule has 0 aliphatic carbocycles. The van der Waals surface area contributed by atoms with Crippen molar-refractivity contribution in [3.63, 3.8) is 0 Å². The third kappa shape index (κ3) is 3.61. The van der Waals surface area contributed by atoms with Crippen molar-refractivity contribution in [2.45, 2.75) is 13.8 Å². The average molecular weight is 292 g/mol. The smallest absolute Gasteiger partial charge is 0.219 e. The van der Waals surface area contributed by atoms with Crippen molar-refractivity contribution in [3.8, 4) is 23.3 Å². The Bertz CT molecular complexity index is 669. The molecule has 4 nitrogen and oxygen atoms in total. The summed E-state index contributed by atoms with van der Waals surface area (Å²) >= 11 is 0. The monoisotopic (exact) mass is 292 g/mol. The standard InChI is InChI=1S/C18H16N2O2/c1-13-3-9-17(19-11-13)21-15-5-7-16(8-6-15)22-18-10-4-14(2)12-20-18/h3-12H,1-2H3. The molecular weight excluding hydrogens is 276 g/mol. The second kappa shape index (κ2) is 6.26. The molecule has 0 fully saturated rings. The molecule has 0 bridgehead atoms. The zero-order chi connectivity index (χ0) is 15.4. The maximum atomic E-state index is 5.67. The molecule has 0 aliphatic rings. The highest BCUT2D eigenvalue weighted by Crippen LogP contribution is 2.25. The number of aryl methyl sites for hydroxylation is 2. The van der Waals surface area contributed by atoms with Gasteiger partial charge in [0.1, 0.15) is 11.5 Å². The summed E-state index contributed by atoms with van der Waals surface area (Å²) in [5, 5.41) is 0. The molecule has 2 aromatic heterocycles. The van der Waals surface area contributed by atoms with Gasteiger partial charge in [0.2, 0.25) is 11.8 Å². The van der Waals surface area contributed by atoms with Gasteiger partial charge in [-0.1, -0.05) is 12.1 Å². The van der Waals surface area contributed by atoms with Crippen molar-refractivity contribution >= 4 is 0 Å². The van der Waals surface area contributed by atoms with Crippen molar-refractivity contribution in [1.29, 1.82) is 0 Å². The van der Waals surface area contributed by atoms with Crippen LogP contribution in [0.25, 0.3) is 0 Å². The van der Waals surface area contributed by atoms with Gasteiger partial charge in [-0.15, -0.1) is 0 Å². The summed E-state index contributed by atoms with van der Waals surface area (Å²) in [5.41, 5.74) is 2.20. The van der Waals surface area contributed by atoms with E-state index in [2.05, 4.69) is 9.97 Å². The van der Waals surface area contributed by atoms with Crippen LogP contribution in [0.3, 0.4) is 0 Å². The topological polar surface area (TPSA) is 44.2 Å². The van der Waals surface area contributed by atoms with Gasteiger partial charge in [-0.25, -0.2) is 9.97 Å². The Morgan fingerprint density at radius 2 is 1.00 bits per heavy atom. The molecule has 0 aliphatic heterocycles. The van der Waals surface area contributed by atoms with Crippen molar-refractivity contribution in [1.82, 2.24) is 9.97 Å². The predicted octanol–water partition coefficient (Wildman–Crippen LogP) is 4.68. The highest BCUT2D eigenvalue weighted by Gasteiger charge is 2.01. The quantitative estimate of drug-likeness (QED) is 0.700. The van der Waals surface area contributed by atoms with Gasteiger partial charge in [-0.05, 0) is 49.2 Å². The number of rotatable bonds is 4. The lowest BCUT2D eigenvalue weighted by atomic mass is 10.3. The van der Waals surface area contributed by atoms with E-state index in [1.807, 2.05) is 62.4 Å². The Hall–Kier alpha value is -2.88. The Kier molecular flexibility index (Phi) is 4.01. The van der Waals surface area contributed by atoms with Crippen LogP contribution in [0, 0.1) is 13.8 Å². The molecule has 0 spiro atoms. The lowest BCUT2D eigenvalue weighted by molar-refractivity contribution is 0.450. The van der Waals surface area contributed by atoms with Gasteiger partial charge in [0.15, 0.2) is 0 Å². The van der Waals surface area contributed by atoms with E-state index < -0.39 is 0 Å². The fourth-order valence-electron chi connectivity index (χ4n) is 1.85. The molecule has 0 unspecified atom stereocenters. The van der Waals surface area contributed by atoms with E-state index >= 15 is 0 Å². The zero-order valence-corrected chi connectivity index (χ0v) is 12.5. The average Bonchev–Trinajstić information content (AvgIpc) is 2.54. The van der Waals surface area contributed by atoms with Crippen LogP contribution in [0.1, 0.15) is 11.1 Å². The molecule has 0 atom stereocenters. The highest BCUT2D eigenvalue weighted by molar-refractivity contribution is 5.35. The summed E-state index contributed by atoms with van der Waals surface area (Å²) in [6.07, 6.45) is 3.55. The Labute approximate surface area is 129 Å². The first-order valence-corrected chi connectivity index (χ1v) is 7.00. The molecular formula is C18H16N2O2. The van der Waals surface area contributed by atoms with Crippen LogP contribution in [-0.2, 0) is 0 Å². The molecule has 0 N–H and O–H groups in total. The summed E-state index contributed by atoms with van der Waals surface area (Å²) in [5.74, 6) is 2.56. The molecule has 3 aromatic rings. The first-order valence-electron chi connectivity index (χ1n) is 7.00. The van der Waals surface area contributed by atoms with Crippen LogP contribution in [0.15, 0.2) is 60.9 Å². The number of nitrogens with zero attached hydrogens (tertiary/aromatic N) is 2. The van der Waals surface area contributed by atoms with E-state index in [9.17, 15) is 0 Å². The molecule has 0 saturated heterocycles. The fraction of sp³-hybridized carbons (Fsp3) is 0.111. The van der Waals surface area contributed by atoms with Gasteiger partial charge in [-0.3, -0.25) is 0 Å². The minimum atomic E-state index is 0.569. The van der Waals surface area contributed by atoms with Gasteiger partial charge in [0, 0.05) is 24.5 Å². The summed E-state index contributed by atoms with van der Waals surface area (Å²) in [7, 11) is 0. The van der Waals surface area contributed by atoms with E-state index in [1.165, 1.54) is 0 Å². The lowest BCUT2D eigenvalue weighted by Crippen LogP contribution is -1.90. The van der Waals surface area contributed by atoms with Crippen molar-refractivity contribution < 1.29 is 9.47 Å². The predicted molar refractivity (Wildman–Crippen MR) is 84.5 cm³/mol. The Balaban J connectivity index is 1.67. The van der Waals surface area contributed by atoms with Crippen molar-refractivity contribution in [2.75, 3.05) is 0 Å². The van der Waals surface area contributed by atoms with E-state index in [-0.39, 0.29) is 0 Å². The SMILES string of the molecule is Cc1ccc(Oc2ccc(Oc3ccc(C)cn3)cc2)nc1. The fourth-order valence-corrected chi connectivity index (χ4v) is 1.85. The van der Waals surface area contributed by atoms with E-state index in [4.69, 9.17) is 9.47 Å². The molecule has 0 saturated carbocycles. The minimum absolute atomic E-state index is 0.569. The second-order valence-electron chi connectivity index (χ2n) is 5.02. The molecule has 4 heteroatoms. The molecule has 1 aromatic carbocycles. The Morgan fingerprint density at radius 1 is 0.591 bits per heavy atom. The summed E-state index contributed by atoms with van der Waals surface area (Å²) < 4.78 is 11.3. The first-order chi connectivity index (χ1) is 10.7. The van der Waals surface area contributed by atoms with Crippen LogP contribution in [0.4, 0.5) is 0 Å². The van der Waals surface area contributed by atoms with Gasteiger partial charge < -0.3 is 9.47 Å². The lowest BCUT2D eigenvalue weighted by Gasteiger charge is -2.07. The van der Waals surface area contributed by atoms with Gasteiger partial charge >= 0.3 is 0 Å². The molecule has 110 valence electrons. The molecule has 0 radical (unpaired) electrons. The van der Waals surface area contributed by atoms with Crippen molar-refractivity contribution in [3.05, 3.63) is 72.1 Å². The first kappa shape index (κ1) is 14.1. The largest absolute Gasteiger partial charge is 0.439 e. The van der Waals surface area contributed by atoms with E-state index in [1.54, 1.807) is 12.4 Å². The minimum Gasteiger partial charge on any atom is -0.439 e. The molecule has 0 amide bonds. The number of aromatic nitrogens is 2.